The molecule has 0 saturated heterocycles. The number of carbonyl (C=O) groups is 1. The molecule has 0 amide bonds. The Morgan fingerprint density at radius 2 is 2.20 bits per heavy atom. The molecule has 56 valence electrons. The molecule has 0 aliphatic heterocycles. The van der Waals surface area contributed by atoms with Gasteiger partial charge in [0.25, 0.3) is 0 Å². The van der Waals surface area contributed by atoms with Crippen molar-refractivity contribution in [3.8, 4) is 0 Å². The van der Waals surface area contributed by atoms with Crippen molar-refractivity contribution in [2.45, 2.75) is 18.9 Å². The minimum atomic E-state index is -0.0521. The van der Waals surface area contributed by atoms with Crippen molar-refractivity contribution in [1.82, 2.24) is 0 Å². The fourth-order valence-electron chi connectivity index (χ4n) is 0.402. The van der Waals surface area contributed by atoms with Gasteiger partial charge in [0.05, 0.1) is 0 Å². The van der Waals surface area contributed by atoms with Crippen molar-refractivity contribution in [2.75, 3.05) is 6.61 Å². The molecule has 0 aliphatic carbocycles. The predicted octanol–water partition coefficient (Wildman–Crippen LogP) is -1.85. The van der Waals surface area contributed by atoms with E-state index in [1.165, 1.54) is 18.3 Å². The average Bonchev–Trinajstić information content (AvgIpc) is 1.87. The van der Waals surface area contributed by atoms with Gasteiger partial charge in [0.1, 0.15) is 0 Å². The Labute approximate surface area is 82.2 Å². The van der Waals surface area contributed by atoms with Crippen LogP contribution in [0, 0.1) is 5.92 Å². The molecule has 0 unspecified atom stereocenters. The fraction of sp³-hybridized carbons (Fsp3) is 0.833. The first kappa shape index (κ1) is 13.2. The Morgan fingerprint density at radius 1 is 1.70 bits per heavy atom. The van der Waals surface area contributed by atoms with Crippen molar-refractivity contribution in [3.63, 3.8) is 0 Å². The van der Waals surface area contributed by atoms with Crippen LogP contribution in [0.4, 0.5) is 0 Å². The van der Waals surface area contributed by atoms with Gasteiger partial charge in [-0.3, -0.25) is 0 Å². The van der Waals surface area contributed by atoms with E-state index >= 15 is 0 Å². The van der Waals surface area contributed by atoms with E-state index in [0.29, 0.717) is 6.61 Å². The fourth-order valence-corrected chi connectivity index (χ4v) is 0.897. The number of halogens is 1. The Hall–Kier alpha value is 0.573. The molecular weight excluding hydrogens is 249 g/mol. The van der Waals surface area contributed by atoms with E-state index < -0.39 is 0 Å². The third kappa shape index (κ3) is 5.37. The van der Waals surface area contributed by atoms with Gasteiger partial charge in [-0.1, -0.05) is 0 Å². The molecule has 0 radical (unpaired) electrons. The zero-order chi connectivity index (χ0) is 7.28. The van der Waals surface area contributed by atoms with Crippen LogP contribution in [0.2, 0.25) is 5.02 Å². The van der Waals surface area contributed by atoms with Crippen LogP contribution in [-0.4, -0.2) is 12.6 Å². The van der Waals surface area contributed by atoms with E-state index in [4.69, 9.17) is 4.74 Å². The summed E-state index contributed by atoms with van der Waals surface area (Å²) in [5, 5.41) is 0.985. The van der Waals surface area contributed by atoms with E-state index in [1.54, 1.807) is 0 Å². The van der Waals surface area contributed by atoms with Crippen molar-refractivity contribution in [2.24, 2.45) is 5.92 Å². The number of ether oxygens (including phenoxy) is 1. The summed E-state index contributed by atoms with van der Waals surface area (Å²) in [5.74, 6) is 0.0636. The summed E-state index contributed by atoms with van der Waals surface area (Å²) < 4.78 is 4.78. The zero-order valence-electron chi connectivity index (χ0n) is 6.39. The average molecular weight is 260 g/mol. The van der Waals surface area contributed by atoms with Gasteiger partial charge in [-0.05, 0) is 0 Å². The zero-order valence-corrected chi connectivity index (χ0v) is 10.9. The second-order valence-electron chi connectivity index (χ2n) is 1.94. The van der Waals surface area contributed by atoms with Gasteiger partial charge >= 0.3 is 65.2 Å². The Balaban J connectivity index is 0. The van der Waals surface area contributed by atoms with Gasteiger partial charge in [0.15, 0.2) is 0 Å². The molecule has 0 aromatic heterocycles. The van der Waals surface area contributed by atoms with E-state index in [2.05, 4.69) is 0 Å². The molecule has 0 spiro atoms. The first-order chi connectivity index (χ1) is 4.22. The van der Waals surface area contributed by atoms with Crippen LogP contribution >= 0.6 is 0 Å². The standard InChI is InChI=1S/C6H11O2.BrH.Zn/c1-4-8-6(7)5(2)3;;/h5H,2,4H2,1,3H3;1H;/q;;+1/p-1/t5-;;/m1../s1. The molecule has 0 rings (SSSR count). The quantitative estimate of drug-likeness (QED) is 0.440. The Morgan fingerprint density at radius 3 is 2.50 bits per heavy atom. The molecule has 1 atom stereocenters. The minimum absolute atomic E-state index is 0. The van der Waals surface area contributed by atoms with Gasteiger partial charge in [-0.25, -0.2) is 0 Å². The van der Waals surface area contributed by atoms with Crippen molar-refractivity contribution < 1.29 is 44.8 Å². The summed E-state index contributed by atoms with van der Waals surface area (Å²) in [4.78, 5) is 10.8. The normalized spacial score (nSPS) is 11.6. The molecular formula is C6H11BrO2Zn. The third-order valence-corrected chi connectivity index (χ3v) is 2.94. The van der Waals surface area contributed by atoms with Crippen LogP contribution in [0.5, 0.6) is 0 Å². The summed E-state index contributed by atoms with van der Waals surface area (Å²) in [5.41, 5.74) is 0. The second kappa shape index (κ2) is 7.68. The molecule has 0 aromatic rings. The van der Waals surface area contributed by atoms with E-state index in [0.717, 1.165) is 5.02 Å². The molecule has 0 saturated carbocycles. The summed E-state index contributed by atoms with van der Waals surface area (Å²) in [6, 6.07) is 0. The van der Waals surface area contributed by atoms with Crippen LogP contribution in [-0.2, 0) is 27.8 Å². The number of rotatable bonds is 3. The summed E-state index contributed by atoms with van der Waals surface area (Å²) >= 11 is 1.17. The van der Waals surface area contributed by atoms with Crippen molar-refractivity contribution >= 4 is 5.97 Å². The van der Waals surface area contributed by atoms with Gasteiger partial charge in [0, 0.05) is 0 Å². The summed E-state index contributed by atoms with van der Waals surface area (Å²) in [6.07, 6.45) is 0. The van der Waals surface area contributed by atoms with E-state index in [-0.39, 0.29) is 28.9 Å². The molecule has 0 fully saturated rings. The number of esters is 1. The van der Waals surface area contributed by atoms with Crippen molar-refractivity contribution in [3.05, 3.63) is 0 Å². The van der Waals surface area contributed by atoms with Crippen molar-refractivity contribution in [1.29, 1.82) is 0 Å². The predicted molar refractivity (Wildman–Crippen MR) is 30.6 cm³/mol. The molecule has 0 N–H and O–H groups in total. The Kier molecular flexibility index (Phi) is 10.1. The number of hydrogen-bond donors (Lipinski definition) is 0. The first-order valence-electron chi connectivity index (χ1n) is 3.18. The van der Waals surface area contributed by atoms with Gasteiger partial charge in [-0.15, -0.1) is 0 Å². The van der Waals surface area contributed by atoms with Crippen LogP contribution in [0.15, 0.2) is 0 Å². The molecule has 4 heteroatoms. The first-order valence-corrected chi connectivity index (χ1v) is 5.28. The third-order valence-electron chi connectivity index (χ3n) is 1.12. The minimum Gasteiger partial charge on any atom is -1.00 e. The van der Waals surface area contributed by atoms with Crippen LogP contribution < -0.4 is 17.0 Å². The molecule has 0 aliphatic rings. The topological polar surface area (TPSA) is 26.3 Å². The molecule has 10 heavy (non-hydrogen) atoms. The number of hydrogen-bond acceptors (Lipinski definition) is 2. The molecule has 0 bridgehead atoms. The smallest absolute Gasteiger partial charge is 1.00 e. The van der Waals surface area contributed by atoms with E-state index in [9.17, 15) is 4.79 Å². The maximum Gasteiger partial charge on any atom is -1.00 e. The summed E-state index contributed by atoms with van der Waals surface area (Å²) in [6.45, 7) is 4.24. The van der Waals surface area contributed by atoms with Crippen LogP contribution in [0.25, 0.3) is 0 Å². The van der Waals surface area contributed by atoms with Gasteiger partial charge in [0.2, 0.25) is 0 Å². The number of carbonyl (C=O) groups excluding carboxylic acids is 1. The molecule has 0 heterocycles. The Bertz CT molecular complexity index is 97.7. The van der Waals surface area contributed by atoms with Crippen LogP contribution in [0.1, 0.15) is 13.8 Å². The van der Waals surface area contributed by atoms with Gasteiger partial charge in [-0.2, -0.15) is 0 Å². The van der Waals surface area contributed by atoms with E-state index in [1.807, 2.05) is 13.8 Å². The molecule has 2 nitrogen and oxygen atoms in total. The van der Waals surface area contributed by atoms with Gasteiger partial charge < -0.3 is 17.0 Å². The second-order valence-corrected chi connectivity index (χ2v) is 3.15. The maximum atomic E-state index is 10.8. The SMILES string of the molecule is CCOC(=O)[C@@H](C)[CH2][Zn+].[Br-]. The largest absolute Gasteiger partial charge is 1.00 e. The van der Waals surface area contributed by atoms with Crippen LogP contribution in [0.3, 0.4) is 0 Å². The maximum absolute atomic E-state index is 10.8. The monoisotopic (exact) mass is 258 g/mol. The molecule has 0 aromatic carbocycles. The summed E-state index contributed by atoms with van der Waals surface area (Å²) in [7, 11) is 0.